The molecule has 6 nitrogen and oxygen atoms in total. The molecule has 6 heteroatoms. The van der Waals surface area contributed by atoms with E-state index in [4.69, 9.17) is 9.47 Å². The molecule has 0 spiro atoms. The summed E-state index contributed by atoms with van der Waals surface area (Å²) in [7, 11) is 0. The number of amides is 2. The van der Waals surface area contributed by atoms with E-state index in [1.54, 1.807) is 4.90 Å². The van der Waals surface area contributed by atoms with Crippen LogP contribution in [0.3, 0.4) is 0 Å². The van der Waals surface area contributed by atoms with Gasteiger partial charge in [0.15, 0.2) is 18.5 Å². The number of nitrogens with zero attached hydrogens (tertiary/aromatic N) is 1. The molecule has 2 aliphatic rings. The molecule has 0 radical (unpaired) electrons. The van der Waals surface area contributed by atoms with E-state index in [-0.39, 0.29) is 11.8 Å². The van der Waals surface area contributed by atoms with E-state index < -0.39 is 18.5 Å². The molecule has 3 atom stereocenters. The number of ether oxygens (including phenoxy) is 2. The van der Waals surface area contributed by atoms with Crippen molar-refractivity contribution >= 4 is 11.8 Å². The number of morpholine rings is 1. The van der Waals surface area contributed by atoms with Crippen LogP contribution >= 0.6 is 0 Å². The smallest absolute Gasteiger partial charge is 0.255 e. The molecule has 2 aromatic carbocycles. The van der Waals surface area contributed by atoms with E-state index in [0.29, 0.717) is 19.6 Å². The summed E-state index contributed by atoms with van der Waals surface area (Å²) in [6, 6.07) is 19.7. The fourth-order valence-electron chi connectivity index (χ4n) is 3.45. The van der Waals surface area contributed by atoms with E-state index in [1.807, 2.05) is 60.7 Å². The van der Waals surface area contributed by atoms with Gasteiger partial charge in [0, 0.05) is 13.1 Å². The van der Waals surface area contributed by atoms with Gasteiger partial charge < -0.3 is 19.7 Å². The molecule has 1 N–H and O–H groups in total. The van der Waals surface area contributed by atoms with Crippen molar-refractivity contribution in [3.05, 3.63) is 71.8 Å². The highest BCUT2D eigenvalue weighted by Crippen LogP contribution is 2.28. The highest BCUT2D eigenvalue weighted by molar-refractivity contribution is 5.92. The minimum atomic E-state index is -0.890. The molecule has 4 rings (SSSR count). The molecule has 0 aliphatic carbocycles. The van der Waals surface area contributed by atoms with Crippen molar-refractivity contribution in [1.29, 1.82) is 0 Å². The van der Waals surface area contributed by atoms with Gasteiger partial charge in [0.25, 0.3) is 11.8 Å². The third-order valence-corrected chi connectivity index (χ3v) is 4.83. The molecular formula is C21H22N2O4. The number of hydrogen-bond acceptors (Lipinski definition) is 4. The molecule has 2 fully saturated rings. The molecule has 2 saturated heterocycles. The average Bonchev–Trinajstić information content (AvgIpc) is 3.07. The van der Waals surface area contributed by atoms with Gasteiger partial charge in [-0.05, 0) is 17.5 Å². The zero-order valence-corrected chi connectivity index (χ0v) is 14.9. The fraction of sp³-hybridized carbons (Fsp3) is 0.333. The maximum atomic E-state index is 12.7. The van der Waals surface area contributed by atoms with Crippen molar-refractivity contribution in [2.24, 2.45) is 0 Å². The number of carbonyl (C=O) groups is 2. The predicted molar refractivity (Wildman–Crippen MR) is 98.5 cm³/mol. The summed E-state index contributed by atoms with van der Waals surface area (Å²) in [6.07, 6.45) is -1.59. The van der Waals surface area contributed by atoms with E-state index >= 15 is 0 Å². The zero-order valence-electron chi connectivity index (χ0n) is 14.9. The van der Waals surface area contributed by atoms with Gasteiger partial charge in [-0.2, -0.15) is 0 Å². The molecule has 140 valence electrons. The van der Waals surface area contributed by atoms with Crippen LogP contribution in [0.1, 0.15) is 11.1 Å². The van der Waals surface area contributed by atoms with Crippen molar-refractivity contribution < 1.29 is 19.1 Å². The summed E-state index contributed by atoms with van der Waals surface area (Å²) < 4.78 is 11.3. The summed E-state index contributed by atoms with van der Waals surface area (Å²) in [4.78, 5) is 26.9. The highest BCUT2D eigenvalue weighted by atomic mass is 16.7. The Bertz CT molecular complexity index is 796. The van der Waals surface area contributed by atoms with Crippen molar-refractivity contribution in [1.82, 2.24) is 10.2 Å². The number of nitrogens with one attached hydrogen (secondary N) is 1. The summed E-state index contributed by atoms with van der Waals surface area (Å²) in [5, 5.41) is 2.86. The summed E-state index contributed by atoms with van der Waals surface area (Å²) >= 11 is 0. The molecule has 0 aromatic heterocycles. The predicted octanol–water partition coefficient (Wildman–Crippen LogP) is 1.50. The molecule has 2 aliphatic heterocycles. The van der Waals surface area contributed by atoms with Crippen LogP contribution in [-0.4, -0.2) is 48.3 Å². The topological polar surface area (TPSA) is 67.9 Å². The van der Waals surface area contributed by atoms with E-state index in [0.717, 1.165) is 17.5 Å². The second-order valence-corrected chi connectivity index (χ2v) is 6.77. The normalized spacial score (nSPS) is 24.1. The lowest BCUT2D eigenvalue weighted by Crippen LogP contribution is -2.51. The Hall–Kier alpha value is -2.70. The Balaban J connectivity index is 1.34. The maximum Gasteiger partial charge on any atom is 0.255 e. The highest BCUT2D eigenvalue weighted by Gasteiger charge is 2.50. The van der Waals surface area contributed by atoms with Gasteiger partial charge in [-0.3, -0.25) is 9.59 Å². The van der Waals surface area contributed by atoms with E-state index in [9.17, 15) is 9.59 Å². The molecule has 2 aromatic rings. The Morgan fingerprint density at radius 2 is 1.67 bits per heavy atom. The van der Waals surface area contributed by atoms with Crippen molar-refractivity contribution in [3.8, 4) is 0 Å². The lowest BCUT2D eigenvalue weighted by molar-refractivity contribution is -0.162. The first-order chi connectivity index (χ1) is 13.2. The van der Waals surface area contributed by atoms with Gasteiger partial charge in [0.05, 0.1) is 6.54 Å². The first-order valence-corrected chi connectivity index (χ1v) is 9.16. The average molecular weight is 366 g/mol. The van der Waals surface area contributed by atoms with Crippen LogP contribution in [0, 0.1) is 0 Å². The zero-order chi connectivity index (χ0) is 18.6. The summed E-state index contributed by atoms with van der Waals surface area (Å²) in [5.41, 5.74) is 2.18. The Morgan fingerprint density at radius 3 is 2.37 bits per heavy atom. The van der Waals surface area contributed by atoms with Gasteiger partial charge >= 0.3 is 0 Å². The van der Waals surface area contributed by atoms with Crippen LogP contribution in [0.15, 0.2) is 60.7 Å². The Kier molecular flexibility index (Phi) is 5.18. The number of hydrogen-bond donors (Lipinski definition) is 1. The largest absolute Gasteiger partial charge is 0.353 e. The van der Waals surface area contributed by atoms with Crippen LogP contribution in [-0.2, 0) is 32.0 Å². The summed E-state index contributed by atoms with van der Waals surface area (Å²) in [5.74, 6) is -0.496. The molecule has 0 unspecified atom stereocenters. The third-order valence-electron chi connectivity index (χ3n) is 4.83. The molecule has 2 heterocycles. The third kappa shape index (κ3) is 4.02. The Labute approximate surface area is 158 Å². The number of benzene rings is 2. The quantitative estimate of drug-likeness (QED) is 0.841. The number of carbonyl (C=O) groups excluding carboxylic acids is 2. The second-order valence-electron chi connectivity index (χ2n) is 6.77. The number of fused-ring (bicyclic) bond motifs is 2. The van der Waals surface area contributed by atoms with E-state index in [2.05, 4.69) is 5.32 Å². The number of rotatable bonds is 6. The Morgan fingerprint density at radius 1 is 1.00 bits per heavy atom. The van der Waals surface area contributed by atoms with Crippen molar-refractivity contribution in [2.45, 2.75) is 31.5 Å². The molecule has 27 heavy (non-hydrogen) atoms. The van der Waals surface area contributed by atoms with Crippen LogP contribution in [0.4, 0.5) is 0 Å². The van der Waals surface area contributed by atoms with Crippen LogP contribution in [0.2, 0.25) is 0 Å². The van der Waals surface area contributed by atoms with Crippen LogP contribution in [0.25, 0.3) is 0 Å². The van der Waals surface area contributed by atoms with Gasteiger partial charge in [0.1, 0.15) is 0 Å². The molecule has 2 amide bonds. The van der Waals surface area contributed by atoms with E-state index in [1.165, 1.54) is 0 Å². The maximum absolute atomic E-state index is 12.7. The summed E-state index contributed by atoms with van der Waals surface area (Å²) in [6.45, 7) is 1.31. The van der Waals surface area contributed by atoms with Gasteiger partial charge in [-0.15, -0.1) is 0 Å². The van der Waals surface area contributed by atoms with Gasteiger partial charge in [-0.25, -0.2) is 0 Å². The van der Waals surface area contributed by atoms with Gasteiger partial charge in [0.2, 0.25) is 0 Å². The monoisotopic (exact) mass is 366 g/mol. The fourth-order valence-corrected chi connectivity index (χ4v) is 3.45. The molecule has 2 bridgehead atoms. The first-order valence-electron chi connectivity index (χ1n) is 9.16. The van der Waals surface area contributed by atoms with Crippen LogP contribution in [0.5, 0.6) is 0 Å². The standard InChI is InChI=1S/C21H22N2O4/c24-20(22-12-11-15-7-3-1-4-8-15)18-19-21(25)23(14-17(26-18)27-19)13-16-9-5-2-6-10-16/h1-10,17-19H,11-14H2,(H,22,24)/t17-,18+,19-/m0/s1. The molecular weight excluding hydrogens is 344 g/mol. The first kappa shape index (κ1) is 17.7. The van der Waals surface area contributed by atoms with Crippen molar-refractivity contribution in [3.63, 3.8) is 0 Å². The lowest BCUT2D eigenvalue weighted by Gasteiger charge is -2.30. The minimum absolute atomic E-state index is 0.198. The van der Waals surface area contributed by atoms with Gasteiger partial charge in [-0.1, -0.05) is 60.7 Å². The SMILES string of the molecule is O=C(NCCc1ccccc1)[C@@H]1O[C@@H]2CN(Cc3ccccc3)C(=O)[C@H]1O2. The lowest BCUT2D eigenvalue weighted by atomic mass is 10.1. The minimum Gasteiger partial charge on any atom is -0.353 e. The molecule has 0 saturated carbocycles. The van der Waals surface area contributed by atoms with Crippen LogP contribution < -0.4 is 5.32 Å². The van der Waals surface area contributed by atoms with Crippen molar-refractivity contribution in [2.75, 3.05) is 13.1 Å². The second kappa shape index (κ2) is 7.90.